The minimum atomic E-state index is -2.97. The summed E-state index contributed by atoms with van der Waals surface area (Å²) in [5.74, 6) is -0.452. The SMILES string of the molecule is O=C(Cn1nc(-c2ccc(OC(F)F)nc2)ccc1=O)NCC1C=CC(Cl)=CC1. The van der Waals surface area contributed by atoms with Gasteiger partial charge in [-0.25, -0.2) is 9.67 Å². The number of allylic oxidation sites excluding steroid dienone is 3. The van der Waals surface area contributed by atoms with Crippen molar-refractivity contribution in [2.45, 2.75) is 19.6 Å². The highest BCUT2D eigenvalue weighted by Crippen LogP contribution is 2.19. The van der Waals surface area contributed by atoms with Gasteiger partial charge in [0, 0.05) is 35.5 Å². The normalized spacial score (nSPS) is 15.9. The van der Waals surface area contributed by atoms with Gasteiger partial charge in [-0.3, -0.25) is 9.59 Å². The third kappa shape index (κ3) is 5.95. The van der Waals surface area contributed by atoms with Crippen molar-refractivity contribution in [3.63, 3.8) is 0 Å². The van der Waals surface area contributed by atoms with Gasteiger partial charge in [0.15, 0.2) is 0 Å². The molecule has 1 amide bonds. The molecule has 2 aromatic rings. The second-order valence-electron chi connectivity index (χ2n) is 6.23. The number of hydrogen-bond acceptors (Lipinski definition) is 5. The van der Waals surface area contributed by atoms with Gasteiger partial charge in [0.1, 0.15) is 6.54 Å². The van der Waals surface area contributed by atoms with E-state index in [1.165, 1.54) is 30.5 Å². The van der Waals surface area contributed by atoms with Crippen LogP contribution in [0.15, 0.2) is 58.5 Å². The van der Waals surface area contributed by atoms with Gasteiger partial charge in [-0.2, -0.15) is 13.9 Å². The van der Waals surface area contributed by atoms with Crippen molar-refractivity contribution in [2.75, 3.05) is 6.54 Å². The number of nitrogens with zero attached hydrogens (tertiary/aromatic N) is 3. The van der Waals surface area contributed by atoms with E-state index in [0.29, 0.717) is 22.8 Å². The van der Waals surface area contributed by atoms with Crippen molar-refractivity contribution in [1.82, 2.24) is 20.1 Å². The maximum absolute atomic E-state index is 12.2. The molecule has 0 saturated carbocycles. The summed E-state index contributed by atoms with van der Waals surface area (Å²) in [4.78, 5) is 28.0. The van der Waals surface area contributed by atoms with E-state index in [2.05, 4.69) is 20.1 Å². The van der Waals surface area contributed by atoms with Crippen LogP contribution < -0.4 is 15.6 Å². The Kier molecular flexibility index (Phi) is 6.71. The molecule has 0 radical (unpaired) electrons. The lowest BCUT2D eigenvalue weighted by Gasteiger charge is -2.15. The van der Waals surface area contributed by atoms with Gasteiger partial charge < -0.3 is 10.1 Å². The van der Waals surface area contributed by atoms with E-state index in [-0.39, 0.29) is 24.2 Å². The molecule has 29 heavy (non-hydrogen) atoms. The van der Waals surface area contributed by atoms with Crippen LogP contribution in [-0.2, 0) is 11.3 Å². The molecular formula is C19H17ClF2N4O3. The van der Waals surface area contributed by atoms with E-state index in [4.69, 9.17) is 11.6 Å². The van der Waals surface area contributed by atoms with Crippen molar-refractivity contribution in [2.24, 2.45) is 5.92 Å². The molecule has 7 nitrogen and oxygen atoms in total. The minimum absolute atomic E-state index is 0.137. The largest absolute Gasteiger partial charge is 0.417 e. The Bertz CT molecular complexity index is 990. The monoisotopic (exact) mass is 422 g/mol. The second-order valence-corrected chi connectivity index (χ2v) is 6.66. The number of rotatable bonds is 7. The van der Waals surface area contributed by atoms with E-state index in [9.17, 15) is 18.4 Å². The molecule has 2 heterocycles. The molecule has 0 aromatic carbocycles. The Morgan fingerprint density at radius 3 is 2.83 bits per heavy atom. The maximum atomic E-state index is 12.2. The zero-order valence-corrected chi connectivity index (χ0v) is 15.9. The van der Waals surface area contributed by atoms with Crippen molar-refractivity contribution >= 4 is 17.5 Å². The number of carbonyl (C=O) groups is 1. The summed E-state index contributed by atoms with van der Waals surface area (Å²) in [5.41, 5.74) is 0.405. The third-order valence-corrected chi connectivity index (χ3v) is 4.39. The number of carbonyl (C=O) groups excluding carboxylic acids is 1. The molecule has 0 fully saturated rings. The average molecular weight is 423 g/mol. The first kappa shape index (κ1) is 20.7. The fraction of sp³-hybridized carbons (Fsp3) is 0.263. The third-order valence-electron chi connectivity index (χ3n) is 4.11. The number of alkyl halides is 2. The first-order chi connectivity index (χ1) is 13.9. The summed E-state index contributed by atoms with van der Waals surface area (Å²) in [5, 5.41) is 7.59. The molecule has 1 aliphatic carbocycles. The summed E-state index contributed by atoms with van der Waals surface area (Å²) >= 11 is 5.86. The van der Waals surface area contributed by atoms with Gasteiger partial charge in [0.05, 0.1) is 5.69 Å². The Balaban J connectivity index is 1.63. The zero-order chi connectivity index (χ0) is 20.8. The minimum Gasteiger partial charge on any atom is -0.417 e. The van der Waals surface area contributed by atoms with E-state index >= 15 is 0 Å². The summed E-state index contributed by atoms with van der Waals surface area (Å²) < 4.78 is 29.6. The van der Waals surface area contributed by atoms with Crippen LogP contribution in [0.1, 0.15) is 6.42 Å². The number of nitrogens with one attached hydrogen (secondary N) is 1. The summed E-state index contributed by atoms with van der Waals surface area (Å²) in [6, 6.07) is 5.49. The number of ether oxygens (including phenoxy) is 1. The maximum Gasteiger partial charge on any atom is 0.388 e. The van der Waals surface area contributed by atoms with Crippen LogP contribution in [-0.4, -0.2) is 33.8 Å². The van der Waals surface area contributed by atoms with E-state index in [1.54, 1.807) is 6.08 Å². The molecule has 3 rings (SSSR count). The number of pyridine rings is 1. The molecule has 2 aromatic heterocycles. The van der Waals surface area contributed by atoms with Crippen molar-refractivity contribution in [3.05, 3.63) is 64.1 Å². The molecule has 1 atom stereocenters. The lowest BCUT2D eigenvalue weighted by molar-refractivity contribution is -0.122. The fourth-order valence-corrected chi connectivity index (χ4v) is 2.80. The molecule has 0 saturated heterocycles. The van der Waals surface area contributed by atoms with Crippen LogP contribution in [0.2, 0.25) is 0 Å². The smallest absolute Gasteiger partial charge is 0.388 e. The van der Waals surface area contributed by atoms with Crippen LogP contribution in [0, 0.1) is 5.92 Å². The highest BCUT2D eigenvalue weighted by molar-refractivity contribution is 6.31. The summed E-state index contributed by atoms with van der Waals surface area (Å²) in [6.07, 6.45) is 7.59. The van der Waals surface area contributed by atoms with Gasteiger partial charge in [-0.15, -0.1) is 0 Å². The molecule has 0 spiro atoms. The molecule has 0 bridgehead atoms. The first-order valence-corrected chi connectivity index (χ1v) is 9.08. The van der Waals surface area contributed by atoms with Crippen molar-refractivity contribution in [1.29, 1.82) is 0 Å². The van der Waals surface area contributed by atoms with Crippen LogP contribution in [0.25, 0.3) is 11.3 Å². The summed E-state index contributed by atoms with van der Waals surface area (Å²) in [7, 11) is 0. The van der Waals surface area contributed by atoms with Crippen LogP contribution in [0.5, 0.6) is 5.88 Å². The molecule has 1 N–H and O–H groups in total. The first-order valence-electron chi connectivity index (χ1n) is 8.70. The molecule has 152 valence electrons. The highest BCUT2D eigenvalue weighted by atomic mass is 35.5. The Morgan fingerprint density at radius 1 is 1.34 bits per heavy atom. The van der Waals surface area contributed by atoms with Gasteiger partial charge in [-0.05, 0) is 30.5 Å². The lowest BCUT2D eigenvalue weighted by Crippen LogP contribution is -2.35. The van der Waals surface area contributed by atoms with Gasteiger partial charge in [-0.1, -0.05) is 23.8 Å². The molecule has 1 unspecified atom stereocenters. The lowest BCUT2D eigenvalue weighted by atomic mass is 10.0. The quantitative estimate of drug-likeness (QED) is 0.741. The number of amides is 1. The van der Waals surface area contributed by atoms with Crippen molar-refractivity contribution < 1.29 is 18.3 Å². The summed E-state index contributed by atoms with van der Waals surface area (Å²) in [6.45, 7) is -2.80. The van der Waals surface area contributed by atoms with E-state index in [0.717, 1.165) is 11.1 Å². The second kappa shape index (κ2) is 9.42. The molecular weight excluding hydrogens is 406 g/mol. The van der Waals surface area contributed by atoms with Gasteiger partial charge in [0.2, 0.25) is 11.8 Å². The molecule has 0 aliphatic heterocycles. The Hall–Kier alpha value is -3.07. The standard InChI is InChI=1S/C19H17ClF2N4O3/c20-14-4-1-12(2-5-14)9-23-16(27)11-26-18(28)8-6-15(25-26)13-3-7-17(24-10-13)29-19(21)22/h1,3-8,10,12,19H,2,9,11H2,(H,23,27). The number of halogens is 3. The van der Waals surface area contributed by atoms with Crippen molar-refractivity contribution in [3.8, 4) is 17.1 Å². The van der Waals surface area contributed by atoms with Crippen LogP contribution in [0.4, 0.5) is 8.78 Å². The zero-order valence-electron chi connectivity index (χ0n) is 15.1. The fourth-order valence-electron chi connectivity index (χ4n) is 2.64. The predicted molar refractivity (Wildman–Crippen MR) is 103 cm³/mol. The van der Waals surface area contributed by atoms with Crippen LogP contribution >= 0.6 is 11.6 Å². The number of hydrogen-bond donors (Lipinski definition) is 1. The average Bonchev–Trinajstić information content (AvgIpc) is 2.69. The predicted octanol–water partition coefficient (Wildman–Crippen LogP) is 2.72. The highest BCUT2D eigenvalue weighted by Gasteiger charge is 2.12. The molecule has 10 heteroatoms. The number of aromatic nitrogens is 3. The van der Waals surface area contributed by atoms with E-state index < -0.39 is 12.2 Å². The molecule has 1 aliphatic rings. The van der Waals surface area contributed by atoms with E-state index in [1.807, 2.05) is 12.2 Å². The van der Waals surface area contributed by atoms with Gasteiger partial charge >= 0.3 is 6.61 Å². The van der Waals surface area contributed by atoms with Gasteiger partial charge in [0.25, 0.3) is 5.56 Å². The van der Waals surface area contributed by atoms with Crippen LogP contribution in [0.3, 0.4) is 0 Å². The Morgan fingerprint density at radius 2 is 2.17 bits per heavy atom. The Labute approximate surface area is 169 Å². The topological polar surface area (TPSA) is 86.1 Å².